The Labute approximate surface area is 166 Å². The Bertz CT molecular complexity index is 869. The van der Waals surface area contributed by atoms with Crippen LogP contribution < -0.4 is 10.1 Å². The van der Waals surface area contributed by atoms with E-state index in [1.54, 1.807) is 24.3 Å². The van der Waals surface area contributed by atoms with Gasteiger partial charge in [0.1, 0.15) is 5.75 Å². The Balaban J connectivity index is 1.86. The van der Waals surface area contributed by atoms with Gasteiger partial charge in [0.25, 0.3) is 5.91 Å². The van der Waals surface area contributed by atoms with Crippen LogP contribution >= 0.6 is 23.2 Å². The fourth-order valence-electron chi connectivity index (χ4n) is 2.08. The van der Waals surface area contributed by atoms with Gasteiger partial charge in [-0.3, -0.25) is 9.59 Å². The summed E-state index contributed by atoms with van der Waals surface area (Å²) in [5.74, 6) is -1.12. The fraction of sp³-hybridized carbons (Fsp3) is 0.211. The molecule has 2 rings (SSSR count). The van der Waals surface area contributed by atoms with Crippen molar-refractivity contribution in [1.29, 1.82) is 0 Å². The highest BCUT2D eigenvalue weighted by atomic mass is 35.5. The van der Waals surface area contributed by atoms with Gasteiger partial charge in [0.05, 0.1) is 5.02 Å². The van der Waals surface area contributed by atoms with Crippen molar-refractivity contribution >= 4 is 46.5 Å². The van der Waals surface area contributed by atoms with Gasteiger partial charge in [-0.1, -0.05) is 35.3 Å². The molecule has 0 aromatic heterocycles. The van der Waals surface area contributed by atoms with Crippen molar-refractivity contribution in [2.45, 2.75) is 20.0 Å². The standard InChI is InChI=1S/C19H17Cl2NO5/c1-11(23)13-4-3-5-15(8-13)22-18(24)10-26-19(25)12(2)27-17-7-6-14(20)9-16(17)21/h3-9,12H,10H2,1-2H3,(H,22,24)/t12-/m0/s1. The summed E-state index contributed by atoms with van der Waals surface area (Å²) in [6.45, 7) is 2.41. The molecule has 0 saturated carbocycles. The van der Waals surface area contributed by atoms with E-state index in [2.05, 4.69) is 5.32 Å². The van der Waals surface area contributed by atoms with Crippen LogP contribution in [0.25, 0.3) is 0 Å². The minimum Gasteiger partial charge on any atom is -0.477 e. The van der Waals surface area contributed by atoms with Crippen LogP contribution in [0.3, 0.4) is 0 Å². The first-order chi connectivity index (χ1) is 12.8. The number of ketones is 1. The largest absolute Gasteiger partial charge is 0.477 e. The van der Waals surface area contributed by atoms with E-state index in [1.807, 2.05) is 0 Å². The van der Waals surface area contributed by atoms with Crippen molar-refractivity contribution in [3.63, 3.8) is 0 Å². The van der Waals surface area contributed by atoms with Gasteiger partial charge in [0.15, 0.2) is 18.5 Å². The minimum absolute atomic E-state index is 0.121. The highest BCUT2D eigenvalue weighted by molar-refractivity contribution is 6.35. The number of carbonyl (C=O) groups is 3. The zero-order valence-electron chi connectivity index (χ0n) is 14.6. The lowest BCUT2D eigenvalue weighted by Gasteiger charge is -2.15. The van der Waals surface area contributed by atoms with Crippen LogP contribution in [0.15, 0.2) is 42.5 Å². The number of ether oxygens (including phenoxy) is 2. The summed E-state index contributed by atoms with van der Waals surface area (Å²) < 4.78 is 10.4. The number of amides is 1. The van der Waals surface area contributed by atoms with Gasteiger partial charge in [-0.05, 0) is 44.2 Å². The van der Waals surface area contributed by atoms with Gasteiger partial charge in [-0.25, -0.2) is 4.79 Å². The van der Waals surface area contributed by atoms with E-state index in [9.17, 15) is 14.4 Å². The monoisotopic (exact) mass is 409 g/mol. The summed E-state index contributed by atoms with van der Waals surface area (Å²) in [5.41, 5.74) is 0.896. The van der Waals surface area contributed by atoms with Crippen LogP contribution in [0.1, 0.15) is 24.2 Å². The lowest BCUT2D eigenvalue weighted by atomic mass is 10.1. The number of esters is 1. The Kier molecular flexibility index (Phi) is 7.21. The fourth-order valence-corrected chi connectivity index (χ4v) is 2.53. The molecule has 2 aromatic rings. The molecule has 8 heteroatoms. The summed E-state index contributed by atoms with van der Waals surface area (Å²) in [6, 6.07) is 11.0. The molecule has 0 bridgehead atoms. The van der Waals surface area contributed by atoms with Gasteiger partial charge in [0, 0.05) is 16.3 Å². The van der Waals surface area contributed by atoms with Crippen LogP contribution in [-0.2, 0) is 14.3 Å². The normalized spacial score (nSPS) is 11.4. The number of benzene rings is 2. The predicted octanol–water partition coefficient (Wildman–Crippen LogP) is 4.15. The third kappa shape index (κ3) is 6.27. The van der Waals surface area contributed by atoms with E-state index in [4.69, 9.17) is 32.7 Å². The van der Waals surface area contributed by atoms with Crippen LogP contribution in [0, 0.1) is 0 Å². The smallest absolute Gasteiger partial charge is 0.347 e. The second kappa shape index (κ2) is 9.39. The Morgan fingerprint density at radius 1 is 1.11 bits per heavy atom. The second-order valence-electron chi connectivity index (χ2n) is 5.63. The Hall–Kier alpha value is -2.57. The van der Waals surface area contributed by atoms with Gasteiger partial charge in [-0.15, -0.1) is 0 Å². The SMILES string of the molecule is CC(=O)c1cccc(NC(=O)COC(=O)[C@H](C)Oc2ccc(Cl)cc2Cl)c1. The summed E-state index contributed by atoms with van der Waals surface area (Å²) in [4.78, 5) is 35.3. The zero-order chi connectivity index (χ0) is 20.0. The van der Waals surface area contributed by atoms with Gasteiger partial charge >= 0.3 is 5.97 Å². The number of rotatable bonds is 7. The number of hydrogen-bond donors (Lipinski definition) is 1. The maximum Gasteiger partial charge on any atom is 0.347 e. The van der Waals surface area contributed by atoms with E-state index >= 15 is 0 Å². The Morgan fingerprint density at radius 2 is 1.85 bits per heavy atom. The molecule has 27 heavy (non-hydrogen) atoms. The van der Waals surface area contributed by atoms with Gasteiger partial charge < -0.3 is 14.8 Å². The molecule has 0 aliphatic heterocycles. The molecule has 1 atom stereocenters. The lowest BCUT2D eigenvalue weighted by Crippen LogP contribution is -2.29. The second-order valence-corrected chi connectivity index (χ2v) is 6.47. The van der Waals surface area contributed by atoms with Crippen LogP contribution in [0.4, 0.5) is 5.69 Å². The first kappa shape index (κ1) is 20.7. The van der Waals surface area contributed by atoms with Crippen LogP contribution in [-0.4, -0.2) is 30.4 Å². The summed E-state index contributed by atoms with van der Waals surface area (Å²) in [7, 11) is 0. The van der Waals surface area contributed by atoms with E-state index in [-0.39, 0.29) is 16.6 Å². The molecule has 2 aromatic carbocycles. The predicted molar refractivity (Wildman–Crippen MR) is 103 cm³/mol. The van der Waals surface area contributed by atoms with E-state index < -0.39 is 24.6 Å². The number of carbonyl (C=O) groups excluding carboxylic acids is 3. The van der Waals surface area contributed by atoms with Crippen molar-refractivity contribution in [1.82, 2.24) is 0 Å². The van der Waals surface area contributed by atoms with Crippen molar-refractivity contribution in [2.75, 3.05) is 11.9 Å². The molecule has 0 saturated heterocycles. The molecular weight excluding hydrogens is 393 g/mol. The number of hydrogen-bond acceptors (Lipinski definition) is 5. The molecule has 0 spiro atoms. The molecule has 0 unspecified atom stereocenters. The van der Waals surface area contributed by atoms with Crippen molar-refractivity contribution < 1.29 is 23.9 Å². The van der Waals surface area contributed by atoms with E-state index in [0.717, 1.165) is 0 Å². The first-order valence-electron chi connectivity index (χ1n) is 7.95. The zero-order valence-corrected chi connectivity index (χ0v) is 16.1. The third-order valence-corrected chi connectivity index (χ3v) is 3.96. The van der Waals surface area contributed by atoms with E-state index in [1.165, 1.54) is 32.0 Å². The highest BCUT2D eigenvalue weighted by Gasteiger charge is 2.19. The average Bonchev–Trinajstić information content (AvgIpc) is 2.62. The summed E-state index contributed by atoms with van der Waals surface area (Å²) >= 11 is 11.8. The molecule has 1 N–H and O–H groups in total. The number of nitrogens with one attached hydrogen (secondary N) is 1. The topological polar surface area (TPSA) is 81.7 Å². The van der Waals surface area contributed by atoms with Crippen molar-refractivity contribution in [2.24, 2.45) is 0 Å². The molecule has 1 amide bonds. The number of Topliss-reactive ketones (excluding diaryl/α,β-unsaturated/α-hetero) is 1. The molecule has 0 fully saturated rings. The third-order valence-electron chi connectivity index (χ3n) is 3.43. The van der Waals surface area contributed by atoms with Crippen LogP contribution in [0.2, 0.25) is 10.0 Å². The molecule has 0 aliphatic carbocycles. The van der Waals surface area contributed by atoms with E-state index in [0.29, 0.717) is 16.3 Å². The van der Waals surface area contributed by atoms with Crippen molar-refractivity contribution in [3.05, 3.63) is 58.1 Å². The average molecular weight is 410 g/mol. The minimum atomic E-state index is -0.975. The quantitative estimate of drug-likeness (QED) is 0.548. The summed E-state index contributed by atoms with van der Waals surface area (Å²) in [5, 5.41) is 3.24. The molecular formula is C19H17Cl2NO5. The lowest BCUT2D eigenvalue weighted by molar-refractivity contribution is -0.153. The number of halogens is 2. The number of anilines is 1. The first-order valence-corrected chi connectivity index (χ1v) is 8.71. The van der Waals surface area contributed by atoms with Gasteiger partial charge in [0.2, 0.25) is 0 Å². The summed E-state index contributed by atoms with van der Waals surface area (Å²) in [6.07, 6.45) is -0.975. The molecule has 0 heterocycles. The Morgan fingerprint density at radius 3 is 2.52 bits per heavy atom. The molecule has 6 nitrogen and oxygen atoms in total. The molecule has 0 radical (unpaired) electrons. The van der Waals surface area contributed by atoms with Crippen LogP contribution in [0.5, 0.6) is 5.75 Å². The maximum atomic E-state index is 12.0. The van der Waals surface area contributed by atoms with Crippen molar-refractivity contribution in [3.8, 4) is 5.75 Å². The highest BCUT2D eigenvalue weighted by Crippen LogP contribution is 2.28. The maximum absolute atomic E-state index is 12.0. The molecule has 0 aliphatic rings. The van der Waals surface area contributed by atoms with Gasteiger partial charge in [-0.2, -0.15) is 0 Å². The molecule has 142 valence electrons.